The summed E-state index contributed by atoms with van der Waals surface area (Å²) in [6.45, 7) is 14.1. The van der Waals surface area contributed by atoms with Crippen LogP contribution in [-0.4, -0.2) is 4.90 Å². The van der Waals surface area contributed by atoms with Gasteiger partial charge in [0.15, 0.2) is 0 Å². The lowest BCUT2D eigenvalue weighted by atomic mass is 10.1. The third kappa shape index (κ3) is 5.63. The van der Waals surface area contributed by atoms with Gasteiger partial charge in [-0.25, -0.2) is 0 Å². The van der Waals surface area contributed by atoms with Crippen molar-refractivity contribution in [2.24, 2.45) is 0 Å². The van der Waals surface area contributed by atoms with E-state index in [-0.39, 0.29) is 0 Å². The average molecular weight is 305 g/mol. The largest absolute Gasteiger partial charge is 0.314 e. The van der Waals surface area contributed by atoms with Gasteiger partial charge >= 0.3 is 0 Å². The smallest absolute Gasteiger partial charge is 0.0452 e. The maximum absolute atomic E-state index is 3.98. The van der Waals surface area contributed by atoms with Crippen LogP contribution < -0.4 is 0 Å². The second-order valence-corrected chi connectivity index (χ2v) is 5.15. The molecule has 1 rings (SSSR count). The molecule has 1 aliphatic rings. The summed E-state index contributed by atoms with van der Waals surface area (Å²) in [4.78, 5) is 2.19. The Bertz CT molecular complexity index is 597. The predicted octanol–water partition coefficient (Wildman–Crippen LogP) is 6.37. The van der Waals surface area contributed by atoms with E-state index in [9.17, 15) is 0 Å². The second kappa shape index (κ2) is 10.2. The predicted molar refractivity (Wildman–Crippen MR) is 104 cm³/mol. The Hall–Kier alpha value is -2.54. The Kier molecular flexibility index (Phi) is 8.23. The molecule has 0 spiro atoms. The van der Waals surface area contributed by atoms with Crippen LogP contribution >= 0.6 is 0 Å². The van der Waals surface area contributed by atoms with Crippen LogP contribution in [0.2, 0.25) is 0 Å². The van der Waals surface area contributed by atoms with Crippen LogP contribution in [0.3, 0.4) is 0 Å². The van der Waals surface area contributed by atoms with Gasteiger partial charge in [-0.3, -0.25) is 0 Å². The summed E-state index contributed by atoms with van der Waals surface area (Å²) in [6.07, 6.45) is 25.4. The molecule has 0 fully saturated rings. The molecule has 0 bridgehead atoms. The standard InChI is InChI=1S/C22H27N/c1-6-10-14-20(8-3)23(21(9-4)15-11-7-2)22-16-12-13-19(5)17-18-22/h6-15,17-18H,3-4,16H2,1-2,5H3/b10-6-,11-7-,20-14+,21-15+. The molecule has 0 heterocycles. The minimum Gasteiger partial charge on any atom is -0.314 e. The summed E-state index contributed by atoms with van der Waals surface area (Å²) >= 11 is 0. The summed E-state index contributed by atoms with van der Waals surface area (Å²) < 4.78 is 0. The summed E-state index contributed by atoms with van der Waals surface area (Å²) in [7, 11) is 0. The third-order valence-electron chi connectivity index (χ3n) is 3.39. The first-order valence-electron chi connectivity index (χ1n) is 7.92. The monoisotopic (exact) mass is 305 g/mol. The lowest BCUT2D eigenvalue weighted by Gasteiger charge is -2.28. The van der Waals surface area contributed by atoms with Crippen molar-refractivity contribution in [2.45, 2.75) is 27.2 Å². The maximum atomic E-state index is 3.98. The lowest BCUT2D eigenvalue weighted by Crippen LogP contribution is -2.20. The molecule has 0 aromatic heterocycles. The topological polar surface area (TPSA) is 3.24 Å². The van der Waals surface area contributed by atoms with Crippen molar-refractivity contribution in [3.8, 4) is 0 Å². The zero-order valence-electron chi connectivity index (χ0n) is 14.5. The van der Waals surface area contributed by atoms with Crippen LogP contribution in [0, 0.1) is 0 Å². The fraction of sp³-hybridized carbons (Fsp3) is 0.182. The average Bonchev–Trinajstić information content (AvgIpc) is 2.78. The lowest BCUT2D eigenvalue weighted by molar-refractivity contribution is 0.548. The number of allylic oxidation sites excluding steroid dienone is 13. The van der Waals surface area contributed by atoms with Crippen molar-refractivity contribution in [2.75, 3.05) is 0 Å². The molecule has 23 heavy (non-hydrogen) atoms. The van der Waals surface area contributed by atoms with E-state index in [1.54, 1.807) is 0 Å². The molecule has 120 valence electrons. The van der Waals surface area contributed by atoms with Gasteiger partial charge in [0.2, 0.25) is 0 Å². The van der Waals surface area contributed by atoms with Gasteiger partial charge in [-0.1, -0.05) is 61.3 Å². The molecule has 0 N–H and O–H groups in total. The summed E-state index contributed by atoms with van der Waals surface area (Å²) in [6, 6.07) is 0. The van der Waals surface area contributed by atoms with Gasteiger partial charge in [0.25, 0.3) is 0 Å². The van der Waals surface area contributed by atoms with E-state index in [0.717, 1.165) is 17.8 Å². The van der Waals surface area contributed by atoms with E-state index in [1.807, 2.05) is 50.3 Å². The number of hydrogen-bond donors (Lipinski definition) is 0. The molecule has 0 aromatic rings. The van der Waals surface area contributed by atoms with Crippen LogP contribution in [0.15, 0.2) is 109 Å². The normalized spacial score (nSPS) is 16.3. The molecule has 0 radical (unpaired) electrons. The molecule has 0 saturated carbocycles. The van der Waals surface area contributed by atoms with Crippen LogP contribution in [0.5, 0.6) is 0 Å². The second-order valence-electron chi connectivity index (χ2n) is 5.15. The summed E-state index contributed by atoms with van der Waals surface area (Å²) in [5.74, 6) is 0. The van der Waals surface area contributed by atoms with E-state index in [4.69, 9.17) is 0 Å². The van der Waals surface area contributed by atoms with Gasteiger partial charge in [0, 0.05) is 23.5 Å². The minimum absolute atomic E-state index is 0.857. The number of nitrogens with zero attached hydrogens (tertiary/aromatic N) is 1. The minimum atomic E-state index is 0.857. The molecule has 1 aliphatic carbocycles. The Balaban J connectivity index is 3.44. The van der Waals surface area contributed by atoms with E-state index in [2.05, 4.69) is 61.4 Å². The zero-order chi connectivity index (χ0) is 17.1. The van der Waals surface area contributed by atoms with E-state index >= 15 is 0 Å². The first-order chi connectivity index (χ1) is 11.2. The van der Waals surface area contributed by atoms with Gasteiger partial charge < -0.3 is 4.90 Å². The number of hydrogen-bond acceptors (Lipinski definition) is 1. The highest BCUT2D eigenvalue weighted by Gasteiger charge is 2.14. The van der Waals surface area contributed by atoms with Crippen molar-refractivity contribution < 1.29 is 0 Å². The molecule has 0 saturated heterocycles. The highest BCUT2D eigenvalue weighted by atomic mass is 15.2. The molecule has 0 aromatic carbocycles. The van der Waals surface area contributed by atoms with Gasteiger partial charge in [0.05, 0.1) is 0 Å². The van der Waals surface area contributed by atoms with Crippen LogP contribution in [0.4, 0.5) is 0 Å². The van der Waals surface area contributed by atoms with Crippen molar-refractivity contribution >= 4 is 0 Å². The molecular weight excluding hydrogens is 278 g/mol. The van der Waals surface area contributed by atoms with E-state index in [1.165, 1.54) is 11.3 Å². The van der Waals surface area contributed by atoms with Crippen molar-refractivity contribution in [1.82, 2.24) is 4.90 Å². The van der Waals surface area contributed by atoms with Crippen LogP contribution in [0.25, 0.3) is 0 Å². The van der Waals surface area contributed by atoms with Gasteiger partial charge in [-0.05, 0) is 51.2 Å². The summed E-state index contributed by atoms with van der Waals surface area (Å²) in [5.41, 5.74) is 4.47. The molecule has 0 amide bonds. The van der Waals surface area contributed by atoms with Crippen molar-refractivity contribution in [3.63, 3.8) is 0 Å². The van der Waals surface area contributed by atoms with Crippen molar-refractivity contribution in [3.05, 3.63) is 109 Å². The highest BCUT2D eigenvalue weighted by Crippen LogP contribution is 2.26. The van der Waals surface area contributed by atoms with Gasteiger partial charge in [-0.2, -0.15) is 0 Å². The van der Waals surface area contributed by atoms with E-state index in [0.29, 0.717) is 0 Å². The molecule has 0 unspecified atom stereocenters. The van der Waals surface area contributed by atoms with Gasteiger partial charge in [-0.15, -0.1) is 0 Å². The molecular formula is C22H27N. The third-order valence-corrected chi connectivity index (χ3v) is 3.39. The Labute approximate surface area is 141 Å². The van der Waals surface area contributed by atoms with E-state index < -0.39 is 0 Å². The first-order valence-corrected chi connectivity index (χ1v) is 7.92. The quantitative estimate of drug-likeness (QED) is 0.494. The Morgan fingerprint density at radius 2 is 1.57 bits per heavy atom. The summed E-state index contributed by atoms with van der Waals surface area (Å²) in [5, 5.41) is 0. The van der Waals surface area contributed by atoms with Crippen molar-refractivity contribution in [1.29, 1.82) is 0 Å². The van der Waals surface area contributed by atoms with Gasteiger partial charge in [0.1, 0.15) is 0 Å². The number of rotatable bonds is 7. The molecule has 1 nitrogen and oxygen atoms in total. The molecule has 1 heteroatoms. The fourth-order valence-electron chi connectivity index (χ4n) is 2.22. The highest BCUT2D eigenvalue weighted by molar-refractivity contribution is 5.40. The first kappa shape index (κ1) is 18.5. The van der Waals surface area contributed by atoms with Crippen LogP contribution in [-0.2, 0) is 0 Å². The Morgan fingerprint density at radius 3 is 2.04 bits per heavy atom. The molecule has 0 atom stereocenters. The van der Waals surface area contributed by atoms with Crippen LogP contribution in [0.1, 0.15) is 27.2 Å². The SMILES string of the molecule is C=C/C(=C\C=C/C)N(C1=CC=C(C)C=CC1)/C(C=C)=C/C=C\C. The molecule has 0 aliphatic heterocycles. The maximum Gasteiger partial charge on any atom is 0.0452 e. The fourth-order valence-corrected chi connectivity index (χ4v) is 2.22. The zero-order valence-corrected chi connectivity index (χ0v) is 14.5. The Morgan fingerprint density at radius 1 is 1.00 bits per heavy atom.